The second-order valence-electron chi connectivity index (χ2n) is 12.1. The number of hydrogen-bond acceptors (Lipinski definition) is 13. The predicted octanol–water partition coefficient (Wildman–Crippen LogP) is 2.96. The van der Waals surface area contributed by atoms with Crippen molar-refractivity contribution < 1.29 is 51.9 Å². The van der Waals surface area contributed by atoms with E-state index in [1.54, 1.807) is 57.4 Å². The minimum Gasteiger partial charge on any atom is -0.462 e. The highest BCUT2D eigenvalue weighted by Crippen LogP contribution is 2.48. The molecule has 1 saturated heterocycles. The Labute approximate surface area is 298 Å². The molecule has 0 saturated carbocycles. The summed E-state index contributed by atoms with van der Waals surface area (Å²) in [5, 5.41) is 16.1. The lowest BCUT2D eigenvalue weighted by Gasteiger charge is -2.26. The summed E-state index contributed by atoms with van der Waals surface area (Å²) in [7, 11) is -3.94. The molecule has 16 nitrogen and oxygen atoms in total. The van der Waals surface area contributed by atoms with Gasteiger partial charge in [0.2, 0.25) is 0 Å². The number of benzene rings is 1. The standard InChI is InChI=1S/C32H46FN4O12PS/c1-7-45-30(42)34-23(15-18-51-6)28(41)46-19-37-25(38)13-16-36(31(37)43)29-32(5,33)26(39)24(48-29)14-17-50(44,49-22-11-9-8-10-12-22)35-21(4)27(40)47-20(2)3/h8-13,16,20-21,23-24,26,29,39H,7,14-15,17-19H2,1-6H3,(H,34,42)(H,35,44)/t21-,23-,24+,26+,29+,32+,50?/m0/s1. The van der Waals surface area contributed by atoms with Crippen LogP contribution in [0.1, 0.15) is 53.7 Å². The fourth-order valence-corrected chi connectivity index (χ4v) is 7.57. The van der Waals surface area contributed by atoms with Crippen molar-refractivity contribution in [3.63, 3.8) is 0 Å². The Morgan fingerprint density at radius 1 is 1.12 bits per heavy atom. The van der Waals surface area contributed by atoms with E-state index in [-0.39, 0.29) is 31.4 Å². The zero-order valence-electron chi connectivity index (χ0n) is 29.3. The maximum Gasteiger partial charge on any atom is 0.407 e. The molecule has 2 aromatic rings. The summed E-state index contributed by atoms with van der Waals surface area (Å²) in [5.74, 6) is -0.929. The number of alkyl carbamates (subject to hydrolysis) is 1. The van der Waals surface area contributed by atoms with Crippen LogP contribution in [0.4, 0.5) is 9.18 Å². The fraction of sp³-hybridized carbons (Fsp3) is 0.594. The van der Waals surface area contributed by atoms with E-state index in [1.807, 2.05) is 0 Å². The van der Waals surface area contributed by atoms with Crippen LogP contribution < -0.4 is 26.2 Å². The molecule has 284 valence electrons. The van der Waals surface area contributed by atoms with E-state index in [4.69, 9.17) is 23.5 Å². The lowest BCUT2D eigenvalue weighted by molar-refractivity contribution is -0.150. The van der Waals surface area contributed by atoms with Gasteiger partial charge in [-0.15, -0.1) is 0 Å². The zero-order valence-corrected chi connectivity index (χ0v) is 31.0. The average molecular weight is 761 g/mol. The molecule has 3 N–H and O–H groups in total. The Bertz CT molecular complexity index is 1660. The highest BCUT2D eigenvalue weighted by molar-refractivity contribution is 7.98. The van der Waals surface area contributed by atoms with Crippen LogP contribution in [-0.2, 0) is 39.8 Å². The van der Waals surface area contributed by atoms with Crippen LogP contribution in [0.2, 0.25) is 0 Å². The van der Waals surface area contributed by atoms with Gasteiger partial charge in [-0.3, -0.25) is 18.7 Å². The normalized spacial score (nSPS) is 22.4. The van der Waals surface area contributed by atoms with Gasteiger partial charge >= 0.3 is 31.2 Å². The Morgan fingerprint density at radius 2 is 1.80 bits per heavy atom. The molecule has 0 radical (unpaired) electrons. The number of nitrogens with one attached hydrogen (secondary N) is 2. The summed E-state index contributed by atoms with van der Waals surface area (Å²) in [4.78, 5) is 63.4. The Kier molecular flexibility index (Phi) is 15.3. The molecule has 2 heterocycles. The molecule has 19 heteroatoms. The molecule has 1 fully saturated rings. The van der Waals surface area contributed by atoms with Crippen molar-refractivity contribution in [2.45, 2.75) is 96.5 Å². The lowest BCUT2D eigenvalue weighted by atomic mass is 9.97. The van der Waals surface area contributed by atoms with Gasteiger partial charge in [-0.25, -0.2) is 28.4 Å². The van der Waals surface area contributed by atoms with Crippen LogP contribution in [0.15, 0.2) is 52.2 Å². The molecular weight excluding hydrogens is 714 g/mol. The van der Waals surface area contributed by atoms with E-state index < -0.39 is 85.8 Å². The van der Waals surface area contributed by atoms with Gasteiger partial charge in [0.25, 0.3) is 5.56 Å². The highest BCUT2D eigenvalue weighted by Gasteiger charge is 2.55. The molecule has 1 unspecified atom stereocenters. The van der Waals surface area contributed by atoms with Crippen molar-refractivity contribution in [1.82, 2.24) is 19.5 Å². The number of amides is 1. The second-order valence-corrected chi connectivity index (χ2v) is 15.3. The number of aromatic nitrogens is 2. The number of aliphatic hydroxyl groups is 1. The number of esters is 2. The Balaban J connectivity index is 1.81. The summed E-state index contributed by atoms with van der Waals surface area (Å²) in [6, 6.07) is 6.87. The number of para-hydroxylation sites is 1. The Hall–Kier alpha value is -3.70. The van der Waals surface area contributed by atoms with Gasteiger partial charge < -0.3 is 33.9 Å². The number of carbonyl (C=O) groups is 3. The summed E-state index contributed by atoms with van der Waals surface area (Å²) >= 11 is 1.41. The summed E-state index contributed by atoms with van der Waals surface area (Å²) in [6.45, 7) is 6.55. The van der Waals surface area contributed by atoms with Crippen molar-refractivity contribution in [1.29, 1.82) is 0 Å². The number of carbonyl (C=O) groups excluding carboxylic acids is 3. The molecule has 0 bridgehead atoms. The average Bonchev–Trinajstić information content (AvgIpc) is 3.29. The molecule has 7 atom stereocenters. The van der Waals surface area contributed by atoms with Crippen molar-refractivity contribution >= 4 is 37.3 Å². The maximum absolute atomic E-state index is 16.2. The molecule has 1 aromatic heterocycles. The first kappa shape index (κ1) is 41.7. The molecule has 1 aliphatic heterocycles. The number of thioether (sulfide) groups is 1. The van der Waals surface area contributed by atoms with Gasteiger partial charge in [0.1, 0.15) is 23.9 Å². The van der Waals surface area contributed by atoms with Crippen molar-refractivity contribution in [3.05, 3.63) is 63.4 Å². The molecule has 1 aliphatic rings. The molecule has 0 spiro atoms. The first-order chi connectivity index (χ1) is 24.0. The van der Waals surface area contributed by atoms with Crippen LogP contribution in [0.5, 0.6) is 5.75 Å². The molecule has 1 amide bonds. The SMILES string of the molecule is CCOC(=O)N[C@@H](CCSC)C(=O)OCn1c(=O)ccn([C@@H]2O[C@H](CCP(=O)(N[C@@H](C)C(=O)OC(C)C)Oc3ccccc3)[C@@H](O)[C@@]2(C)F)c1=O. The van der Waals surface area contributed by atoms with Gasteiger partial charge in [-0.2, -0.15) is 11.8 Å². The molecule has 1 aromatic carbocycles. The summed E-state index contributed by atoms with van der Waals surface area (Å²) in [5.41, 5.74) is -4.60. The Morgan fingerprint density at radius 3 is 2.43 bits per heavy atom. The molecule has 51 heavy (non-hydrogen) atoms. The van der Waals surface area contributed by atoms with Gasteiger partial charge in [0.15, 0.2) is 18.6 Å². The van der Waals surface area contributed by atoms with Gasteiger partial charge in [0, 0.05) is 12.3 Å². The topological polar surface area (TPSA) is 203 Å². The van der Waals surface area contributed by atoms with E-state index >= 15 is 4.39 Å². The van der Waals surface area contributed by atoms with E-state index in [0.29, 0.717) is 10.3 Å². The van der Waals surface area contributed by atoms with Crippen LogP contribution in [-0.4, -0.2) is 93.1 Å². The minimum atomic E-state index is -3.94. The molecule has 3 rings (SSSR count). The summed E-state index contributed by atoms with van der Waals surface area (Å²) < 4.78 is 58.4. The molecule has 0 aliphatic carbocycles. The van der Waals surface area contributed by atoms with Gasteiger partial charge in [0.05, 0.1) is 25.0 Å². The van der Waals surface area contributed by atoms with E-state index in [9.17, 15) is 33.6 Å². The third-order valence-electron chi connectivity index (χ3n) is 7.66. The van der Waals surface area contributed by atoms with Crippen LogP contribution in [0.3, 0.4) is 0 Å². The number of alkyl halides is 1. The fourth-order valence-electron chi connectivity index (χ4n) is 5.07. The summed E-state index contributed by atoms with van der Waals surface area (Å²) in [6.07, 6.45) is -3.86. The monoisotopic (exact) mass is 760 g/mol. The van der Waals surface area contributed by atoms with Crippen molar-refractivity contribution in [2.24, 2.45) is 0 Å². The van der Waals surface area contributed by atoms with Gasteiger partial charge in [-0.05, 0) is 71.6 Å². The number of rotatable bonds is 18. The quantitative estimate of drug-likeness (QED) is 0.114. The maximum atomic E-state index is 16.2. The first-order valence-corrected chi connectivity index (χ1v) is 19.5. The number of halogens is 1. The predicted molar refractivity (Wildman–Crippen MR) is 185 cm³/mol. The third kappa shape index (κ3) is 11.4. The number of aliphatic hydroxyl groups excluding tert-OH is 1. The molecular formula is C32H46FN4O12PS. The first-order valence-electron chi connectivity index (χ1n) is 16.3. The van der Waals surface area contributed by atoms with E-state index in [2.05, 4.69) is 10.4 Å². The van der Waals surface area contributed by atoms with Crippen molar-refractivity contribution in [2.75, 3.05) is 24.8 Å². The highest BCUT2D eigenvalue weighted by atomic mass is 32.2. The number of ether oxygens (including phenoxy) is 4. The van der Waals surface area contributed by atoms with Crippen LogP contribution in [0.25, 0.3) is 0 Å². The van der Waals surface area contributed by atoms with E-state index in [1.165, 1.54) is 18.7 Å². The van der Waals surface area contributed by atoms with Crippen molar-refractivity contribution in [3.8, 4) is 5.75 Å². The number of nitrogens with zero attached hydrogens (tertiary/aromatic N) is 2. The lowest BCUT2D eigenvalue weighted by Crippen LogP contribution is -2.47. The van der Waals surface area contributed by atoms with Crippen LogP contribution in [0, 0.1) is 0 Å². The second kappa shape index (κ2) is 18.7. The minimum absolute atomic E-state index is 0.0626. The zero-order chi connectivity index (χ0) is 37.9. The van der Waals surface area contributed by atoms with Crippen LogP contribution >= 0.6 is 19.3 Å². The van der Waals surface area contributed by atoms with E-state index in [0.717, 1.165) is 23.8 Å². The third-order valence-corrected chi connectivity index (χ3v) is 10.4. The van der Waals surface area contributed by atoms with Gasteiger partial charge in [-0.1, -0.05) is 18.2 Å². The largest absolute Gasteiger partial charge is 0.462 e. The smallest absolute Gasteiger partial charge is 0.407 e. The number of hydrogen-bond donors (Lipinski definition) is 3.